The smallest absolute Gasteiger partial charge is 0.308 e. The molecule has 0 amide bonds. The molecule has 1 rings (SSSR count). The van der Waals surface area contributed by atoms with E-state index in [-0.39, 0.29) is 11.4 Å². The molecule has 2 nitrogen and oxygen atoms in total. The molecule has 0 spiro atoms. The van der Waals surface area contributed by atoms with Gasteiger partial charge in [0.15, 0.2) is 5.76 Å². The lowest BCUT2D eigenvalue weighted by molar-refractivity contribution is -0.134. The molecule has 0 saturated heterocycles. The molecule has 1 aromatic carbocycles. The number of allylic oxidation sites excluding steroid dienone is 1. The molecule has 0 unspecified atom stereocenters. The highest BCUT2D eigenvalue weighted by atomic mass is 28.3. The zero-order chi connectivity index (χ0) is 18.5. The van der Waals surface area contributed by atoms with Crippen molar-refractivity contribution in [3.63, 3.8) is 0 Å². The maximum atomic E-state index is 11.6. The summed E-state index contributed by atoms with van der Waals surface area (Å²) in [7, 11) is -1.52. The van der Waals surface area contributed by atoms with Crippen molar-refractivity contribution in [1.82, 2.24) is 0 Å². The van der Waals surface area contributed by atoms with Crippen LogP contribution in [0.2, 0.25) is 19.6 Å². The summed E-state index contributed by atoms with van der Waals surface area (Å²) in [6, 6.07) is 7.74. The number of rotatable bonds is 3. The third kappa shape index (κ3) is 6.62. The topological polar surface area (TPSA) is 26.3 Å². The van der Waals surface area contributed by atoms with E-state index in [9.17, 15) is 4.79 Å². The van der Waals surface area contributed by atoms with Crippen LogP contribution in [0.4, 0.5) is 0 Å². The van der Waals surface area contributed by atoms with Crippen LogP contribution in [-0.2, 0) is 9.53 Å². The lowest BCUT2D eigenvalue weighted by Gasteiger charge is -2.15. The highest BCUT2D eigenvalue weighted by molar-refractivity contribution is 6.82. The molecule has 3 heteroatoms. The summed E-state index contributed by atoms with van der Waals surface area (Å²) < 4.78 is 5.48. The number of carbonyl (C=O) groups excluding carboxylic acids is 1. The predicted molar refractivity (Wildman–Crippen MR) is 104 cm³/mol. The molecular formula is C21H28O2Si. The quantitative estimate of drug-likeness (QED) is 0.242. The zero-order valence-corrected chi connectivity index (χ0v) is 17.1. The average molecular weight is 341 g/mol. The molecule has 0 bridgehead atoms. The maximum Gasteiger partial charge on any atom is 0.308 e. The van der Waals surface area contributed by atoms with Crippen molar-refractivity contribution in [2.24, 2.45) is 5.41 Å². The van der Waals surface area contributed by atoms with Gasteiger partial charge in [0.1, 0.15) is 0 Å². The molecular weight excluding hydrogens is 312 g/mol. The van der Waals surface area contributed by atoms with Crippen molar-refractivity contribution in [2.75, 3.05) is 0 Å². The van der Waals surface area contributed by atoms with E-state index in [0.717, 1.165) is 16.3 Å². The number of esters is 1. The number of benzene rings is 1. The number of hydrogen-bond donors (Lipinski definition) is 0. The van der Waals surface area contributed by atoms with E-state index in [1.54, 1.807) is 0 Å². The molecule has 0 N–H and O–H groups in total. The first-order valence-electron chi connectivity index (χ1n) is 8.19. The molecule has 0 aliphatic rings. The lowest BCUT2D eigenvalue weighted by Crippen LogP contribution is -2.21. The van der Waals surface area contributed by atoms with Gasteiger partial charge < -0.3 is 4.74 Å². The Morgan fingerprint density at radius 3 is 2.17 bits per heavy atom. The Bertz CT molecular complexity index is 741. The Kier molecular flexibility index (Phi) is 6.43. The van der Waals surface area contributed by atoms with Crippen molar-refractivity contribution in [2.45, 2.75) is 54.3 Å². The van der Waals surface area contributed by atoms with Gasteiger partial charge in [-0.3, -0.25) is 4.79 Å². The van der Waals surface area contributed by atoms with Crippen molar-refractivity contribution < 1.29 is 9.53 Å². The Labute approximate surface area is 147 Å². The Hall–Kier alpha value is -2.01. The van der Waals surface area contributed by atoms with Crippen LogP contribution in [0.25, 0.3) is 5.76 Å². The second-order valence-electron chi connectivity index (χ2n) is 7.97. The highest BCUT2D eigenvalue weighted by Gasteiger charge is 2.17. The monoisotopic (exact) mass is 340 g/mol. The van der Waals surface area contributed by atoms with Crippen molar-refractivity contribution >= 4 is 19.8 Å². The van der Waals surface area contributed by atoms with E-state index >= 15 is 0 Å². The Morgan fingerprint density at radius 1 is 1.08 bits per heavy atom. The van der Waals surface area contributed by atoms with Gasteiger partial charge in [0.05, 0.1) is 8.07 Å². The van der Waals surface area contributed by atoms with E-state index in [1.807, 2.05) is 24.3 Å². The molecule has 0 saturated carbocycles. The second kappa shape index (κ2) is 7.70. The number of hydrogen-bond acceptors (Lipinski definition) is 2. The van der Waals surface area contributed by atoms with Gasteiger partial charge in [0.2, 0.25) is 0 Å². The minimum Gasteiger partial charge on any atom is -0.417 e. The van der Waals surface area contributed by atoms with Crippen molar-refractivity contribution in [3.8, 4) is 11.8 Å². The Morgan fingerprint density at radius 2 is 1.67 bits per heavy atom. The van der Waals surface area contributed by atoms with Crippen LogP contribution < -0.4 is 0 Å². The molecule has 0 fully saturated rings. The van der Waals surface area contributed by atoms with E-state index in [0.29, 0.717) is 5.76 Å². The van der Waals surface area contributed by atoms with Crippen LogP contribution in [0, 0.1) is 17.3 Å². The standard InChI is InChI=1S/C21H28O2Si/c1-16(24(6,7)8)15-20(23-17(2)22)19-12-10-9-11-18(19)13-14-21(3,4)5/h9-12H,1-8H3. The summed E-state index contributed by atoms with van der Waals surface area (Å²) in [5.41, 5.74) is 4.89. The van der Waals surface area contributed by atoms with Gasteiger partial charge in [-0.2, -0.15) is 0 Å². The molecule has 0 heterocycles. The molecule has 128 valence electrons. The molecule has 1 aromatic rings. The van der Waals surface area contributed by atoms with E-state index in [4.69, 9.17) is 4.74 Å². The van der Waals surface area contributed by atoms with Crippen molar-refractivity contribution in [1.29, 1.82) is 0 Å². The normalized spacial score (nSPS) is 11.0. The minimum absolute atomic E-state index is 0.0947. The molecule has 0 atom stereocenters. The minimum atomic E-state index is -1.52. The van der Waals surface area contributed by atoms with Crippen LogP contribution in [0.5, 0.6) is 0 Å². The molecule has 0 aliphatic carbocycles. The average Bonchev–Trinajstić information content (AvgIpc) is 2.42. The van der Waals surface area contributed by atoms with Crippen LogP contribution in [0.15, 0.2) is 35.2 Å². The van der Waals surface area contributed by atoms with Gasteiger partial charge in [-0.05, 0) is 45.0 Å². The molecule has 24 heavy (non-hydrogen) atoms. The second-order valence-corrected chi connectivity index (χ2v) is 13.2. The van der Waals surface area contributed by atoms with Gasteiger partial charge in [-0.25, -0.2) is 0 Å². The first-order chi connectivity index (χ1) is 10.9. The molecule has 0 aromatic heterocycles. The molecule has 0 aliphatic heterocycles. The fourth-order valence-corrected chi connectivity index (χ4v) is 2.18. The summed E-state index contributed by atoms with van der Waals surface area (Å²) in [5.74, 6) is 6.57. The third-order valence-electron chi connectivity index (χ3n) is 3.42. The van der Waals surface area contributed by atoms with Crippen LogP contribution in [-0.4, -0.2) is 14.0 Å². The first-order valence-corrected chi connectivity index (χ1v) is 11.7. The zero-order valence-electron chi connectivity index (χ0n) is 16.1. The van der Waals surface area contributed by atoms with Gasteiger partial charge >= 0.3 is 5.97 Å². The highest BCUT2D eigenvalue weighted by Crippen LogP contribution is 2.23. The predicted octanol–water partition coefficient (Wildman–Crippen LogP) is 5.41. The van der Waals surface area contributed by atoms with Gasteiger partial charge in [0.25, 0.3) is 0 Å². The third-order valence-corrected chi connectivity index (χ3v) is 5.79. The van der Waals surface area contributed by atoms with Gasteiger partial charge in [-0.1, -0.05) is 49.3 Å². The van der Waals surface area contributed by atoms with Crippen LogP contribution in [0.1, 0.15) is 45.7 Å². The van der Waals surface area contributed by atoms with Gasteiger partial charge in [0, 0.05) is 23.5 Å². The fraction of sp³-hybridized carbons (Fsp3) is 0.429. The Balaban J connectivity index is 3.60. The fourth-order valence-electron chi connectivity index (χ4n) is 1.69. The van der Waals surface area contributed by atoms with E-state index < -0.39 is 8.07 Å². The van der Waals surface area contributed by atoms with Crippen LogP contribution in [0.3, 0.4) is 0 Å². The first kappa shape index (κ1) is 20.0. The number of ether oxygens (including phenoxy) is 1. The van der Waals surface area contributed by atoms with E-state index in [1.165, 1.54) is 6.92 Å². The summed E-state index contributed by atoms with van der Waals surface area (Å²) >= 11 is 0. The van der Waals surface area contributed by atoms with Crippen molar-refractivity contribution in [3.05, 3.63) is 46.3 Å². The van der Waals surface area contributed by atoms with E-state index in [2.05, 4.69) is 64.9 Å². The van der Waals surface area contributed by atoms with Crippen LogP contribution >= 0.6 is 0 Å². The maximum absolute atomic E-state index is 11.6. The van der Waals surface area contributed by atoms with Gasteiger partial charge in [-0.15, -0.1) is 0 Å². The summed E-state index contributed by atoms with van der Waals surface area (Å²) in [6.07, 6.45) is 0. The lowest BCUT2D eigenvalue weighted by atomic mass is 9.96. The number of carbonyl (C=O) groups is 1. The summed E-state index contributed by atoms with van der Waals surface area (Å²) in [5, 5.41) is 1.15. The summed E-state index contributed by atoms with van der Waals surface area (Å²) in [6.45, 7) is 16.4. The largest absolute Gasteiger partial charge is 0.417 e. The SMILES string of the molecule is CC(=O)OC(=C=C(C)[Si](C)(C)C)c1ccccc1C#CC(C)(C)C. The molecule has 0 radical (unpaired) electrons. The summed E-state index contributed by atoms with van der Waals surface area (Å²) in [4.78, 5) is 11.6.